The van der Waals surface area contributed by atoms with E-state index in [1.54, 1.807) is 18.2 Å². The molecule has 2 aromatic carbocycles. The topological polar surface area (TPSA) is 75.3 Å². The van der Waals surface area contributed by atoms with Crippen LogP contribution in [-0.2, 0) is 29.0 Å². The highest BCUT2D eigenvalue weighted by Crippen LogP contribution is 2.41. The van der Waals surface area contributed by atoms with Crippen LogP contribution in [0, 0.1) is 11.8 Å². The zero-order valence-corrected chi connectivity index (χ0v) is 20.7. The van der Waals surface area contributed by atoms with Gasteiger partial charge in [-0.25, -0.2) is 13.1 Å². The summed E-state index contributed by atoms with van der Waals surface area (Å²) < 4.78 is 67.2. The summed E-state index contributed by atoms with van der Waals surface area (Å²) in [6, 6.07) is 9.48. The smallest absolute Gasteiger partial charge is 0.322 e. The number of anilines is 1. The lowest BCUT2D eigenvalue weighted by molar-refractivity contribution is -0.137. The lowest BCUT2D eigenvalue weighted by atomic mass is 9.93. The Bertz CT molecular complexity index is 1370. The molecule has 2 N–H and O–H groups in total. The maximum atomic E-state index is 13.0. The van der Waals surface area contributed by atoms with E-state index >= 15 is 0 Å². The van der Waals surface area contributed by atoms with Crippen molar-refractivity contribution in [1.29, 1.82) is 0 Å². The van der Waals surface area contributed by atoms with E-state index in [0.29, 0.717) is 17.1 Å². The van der Waals surface area contributed by atoms with Crippen LogP contribution in [0.2, 0.25) is 0 Å². The van der Waals surface area contributed by atoms with E-state index < -0.39 is 27.7 Å². The van der Waals surface area contributed by atoms with Gasteiger partial charge in [0.05, 0.1) is 10.5 Å². The van der Waals surface area contributed by atoms with Gasteiger partial charge < -0.3 is 5.32 Å². The number of rotatable bonds is 5. The van der Waals surface area contributed by atoms with Crippen molar-refractivity contribution in [2.75, 3.05) is 5.32 Å². The molecule has 2 aromatic rings. The molecule has 5 rings (SSSR count). The molecule has 0 spiro atoms. The third-order valence-electron chi connectivity index (χ3n) is 7.26. The van der Waals surface area contributed by atoms with Gasteiger partial charge in [0, 0.05) is 28.7 Å². The van der Waals surface area contributed by atoms with Crippen LogP contribution in [0.3, 0.4) is 0 Å². The second-order valence-electron chi connectivity index (χ2n) is 9.59. The number of alkyl halides is 3. The normalized spacial score (nSPS) is 23.5. The number of carbonyl (C=O) groups excluding carboxylic acids is 1. The van der Waals surface area contributed by atoms with Gasteiger partial charge >= 0.3 is 6.18 Å². The number of fused-ring (bicyclic) bond motifs is 3. The average molecular weight is 537 g/mol. The van der Waals surface area contributed by atoms with Gasteiger partial charge in [0.2, 0.25) is 10.0 Å². The molecule has 0 radical (unpaired) electrons. The van der Waals surface area contributed by atoms with Gasteiger partial charge in [-0.15, -0.1) is 0 Å². The van der Waals surface area contributed by atoms with Crippen LogP contribution in [-0.4, -0.2) is 20.4 Å². The fraction of sp³-hybridized carbons (Fsp3) is 0.346. The predicted octanol–water partition coefficient (Wildman–Crippen LogP) is 5.78. The standard InChI is InChI=1S/C26H24ClF3N2O3S/c27-21-8-10-23(14-21)36(34,35)32-24-17-1-2-18(24)12-19-13-22(9-5-16(19)11-17)31-25(33)15-3-6-20(7-4-15)26(28,29)30/h3-10,13,17-18,24,32H,1-2,11-12,14H2,(H,31,33). The summed E-state index contributed by atoms with van der Waals surface area (Å²) in [6.45, 7) is 0. The molecule has 1 amide bonds. The van der Waals surface area contributed by atoms with Crippen molar-refractivity contribution in [3.63, 3.8) is 0 Å². The largest absolute Gasteiger partial charge is 0.416 e. The molecule has 3 atom stereocenters. The van der Waals surface area contributed by atoms with Crippen LogP contribution in [0.4, 0.5) is 18.9 Å². The van der Waals surface area contributed by atoms with E-state index in [-0.39, 0.29) is 34.8 Å². The molecule has 190 valence electrons. The quantitative estimate of drug-likeness (QED) is 0.508. The fourth-order valence-corrected chi connectivity index (χ4v) is 7.17. The molecule has 0 aromatic heterocycles. The summed E-state index contributed by atoms with van der Waals surface area (Å²) in [5, 5.41) is 3.26. The van der Waals surface area contributed by atoms with E-state index in [9.17, 15) is 26.4 Å². The Morgan fingerprint density at radius 3 is 2.22 bits per heavy atom. The van der Waals surface area contributed by atoms with Crippen LogP contribution in [0.5, 0.6) is 0 Å². The van der Waals surface area contributed by atoms with Gasteiger partial charge in [0.1, 0.15) is 0 Å². The summed E-state index contributed by atoms with van der Waals surface area (Å²) in [5.74, 6) is -0.206. The zero-order chi connectivity index (χ0) is 25.7. The van der Waals surface area contributed by atoms with E-state index in [1.807, 2.05) is 12.1 Å². The number of sulfonamides is 1. The molecule has 10 heteroatoms. The molecule has 0 heterocycles. The van der Waals surface area contributed by atoms with Gasteiger partial charge in [-0.05, 0) is 97.2 Å². The maximum absolute atomic E-state index is 13.0. The zero-order valence-electron chi connectivity index (χ0n) is 19.1. The molecule has 2 bridgehead atoms. The van der Waals surface area contributed by atoms with Crippen molar-refractivity contribution < 1.29 is 26.4 Å². The van der Waals surface area contributed by atoms with Crippen molar-refractivity contribution in [3.8, 4) is 0 Å². The lowest BCUT2D eigenvalue weighted by Gasteiger charge is -2.24. The minimum Gasteiger partial charge on any atom is -0.322 e. The van der Waals surface area contributed by atoms with Crippen LogP contribution in [0.25, 0.3) is 0 Å². The molecular weight excluding hydrogens is 513 g/mol. The number of hydrogen-bond acceptors (Lipinski definition) is 3. The van der Waals surface area contributed by atoms with E-state index in [0.717, 1.165) is 54.7 Å². The number of allylic oxidation sites excluding steroid dienone is 4. The number of carbonyl (C=O) groups is 1. The molecule has 1 saturated carbocycles. The summed E-state index contributed by atoms with van der Waals surface area (Å²) in [6.07, 6.45) is 2.12. The molecular formula is C26H24ClF3N2O3S. The highest BCUT2D eigenvalue weighted by atomic mass is 35.5. The molecule has 0 saturated heterocycles. The van der Waals surface area contributed by atoms with Crippen LogP contribution < -0.4 is 10.0 Å². The molecule has 3 aliphatic carbocycles. The summed E-state index contributed by atoms with van der Waals surface area (Å²) >= 11 is 5.97. The molecule has 36 heavy (non-hydrogen) atoms. The van der Waals surface area contributed by atoms with Gasteiger partial charge in [0.15, 0.2) is 0 Å². The van der Waals surface area contributed by atoms with Crippen molar-refractivity contribution in [2.45, 2.75) is 44.3 Å². The maximum Gasteiger partial charge on any atom is 0.416 e. The van der Waals surface area contributed by atoms with E-state index in [4.69, 9.17) is 11.6 Å². The number of halogens is 4. The van der Waals surface area contributed by atoms with Crippen LogP contribution >= 0.6 is 11.6 Å². The third kappa shape index (κ3) is 5.10. The van der Waals surface area contributed by atoms with E-state index in [1.165, 1.54) is 0 Å². The fourth-order valence-electron chi connectivity index (χ4n) is 5.40. The van der Waals surface area contributed by atoms with Gasteiger partial charge in [-0.3, -0.25) is 4.79 Å². The van der Waals surface area contributed by atoms with Gasteiger partial charge in [-0.2, -0.15) is 13.2 Å². The van der Waals surface area contributed by atoms with Gasteiger partial charge in [0.25, 0.3) is 5.91 Å². The Balaban J connectivity index is 1.29. The second kappa shape index (κ2) is 9.36. The summed E-state index contributed by atoms with van der Waals surface area (Å²) in [7, 11) is -3.64. The minimum absolute atomic E-state index is 0.123. The highest BCUT2D eigenvalue weighted by Gasteiger charge is 2.41. The Morgan fingerprint density at radius 2 is 1.61 bits per heavy atom. The Labute approximate surface area is 212 Å². The van der Waals surface area contributed by atoms with Crippen molar-refractivity contribution in [2.24, 2.45) is 11.8 Å². The first kappa shape index (κ1) is 25.0. The summed E-state index contributed by atoms with van der Waals surface area (Å²) in [5.41, 5.74) is 2.02. The van der Waals surface area contributed by atoms with Crippen molar-refractivity contribution >= 4 is 33.2 Å². The highest BCUT2D eigenvalue weighted by molar-refractivity contribution is 7.93. The number of nitrogens with one attached hydrogen (secondary N) is 2. The molecule has 3 unspecified atom stereocenters. The van der Waals surface area contributed by atoms with Gasteiger partial charge in [-0.1, -0.05) is 17.7 Å². The first-order valence-electron chi connectivity index (χ1n) is 11.7. The van der Waals surface area contributed by atoms with Crippen molar-refractivity contribution in [3.05, 3.63) is 86.8 Å². The Kier molecular flexibility index (Phi) is 6.51. The second-order valence-corrected chi connectivity index (χ2v) is 11.8. The minimum atomic E-state index is -4.46. The Hall–Kier alpha value is -2.62. The molecule has 3 aliphatic rings. The Morgan fingerprint density at radius 1 is 0.944 bits per heavy atom. The lowest BCUT2D eigenvalue weighted by Crippen LogP contribution is -2.42. The number of amides is 1. The number of benzene rings is 2. The van der Waals surface area contributed by atoms with Crippen LogP contribution in [0.15, 0.2) is 64.6 Å². The SMILES string of the molecule is O=C(Nc1ccc2c(c1)CC1CCC(C2)C1NS(=O)(=O)C1=CC=C(Cl)C1)c1ccc(C(F)(F)F)cc1. The monoisotopic (exact) mass is 536 g/mol. The first-order chi connectivity index (χ1) is 17.0. The average Bonchev–Trinajstić information content (AvgIpc) is 3.37. The molecule has 0 aliphatic heterocycles. The van der Waals surface area contributed by atoms with Crippen molar-refractivity contribution in [1.82, 2.24) is 4.72 Å². The first-order valence-corrected chi connectivity index (χ1v) is 13.5. The number of hydrogen-bond donors (Lipinski definition) is 2. The van der Waals surface area contributed by atoms with E-state index in [2.05, 4.69) is 10.0 Å². The molecule has 1 fully saturated rings. The van der Waals surface area contributed by atoms with Crippen LogP contribution in [0.1, 0.15) is 46.3 Å². The summed E-state index contributed by atoms with van der Waals surface area (Å²) in [4.78, 5) is 12.9. The third-order valence-corrected chi connectivity index (χ3v) is 9.07. The molecule has 5 nitrogen and oxygen atoms in total. The predicted molar refractivity (Wildman–Crippen MR) is 132 cm³/mol.